The summed E-state index contributed by atoms with van der Waals surface area (Å²) >= 11 is 0. The standard InChI is InChI=1S/C20H26O6/c1-4-12(2)19(23)25-16-8-14(10-21)6-5-7-15(11-22)9-17-18(16)13(3)20(24)26-17/h4,6,9,16-18,21-22H,3,5,7-8,10-11H2,1-2H3. The molecule has 3 unspecified atom stereocenters. The fourth-order valence-corrected chi connectivity index (χ4v) is 3.15. The van der Waals surface area contributed by atoms with Crippen LogP contribution in [0.4, 0.5) is 0 Å². The molecule has 0 aromatic heterocycles. The SMILES string of the molecule is C=C1C(=O)OC2C=C(CO)CCC=C(CO)CC(OC(=O)C(C)=CC)C12. The van der Waals surface area contributed by atoms with Gasteiger partial charge < -0.3 is 19.7 Å². The van der Waals surface area contributed by atoms with Gasteiger partial charge in [0, 0.05) is 17.6 Å². The number of fused-ring (bicyclic) bond motifs is 1. The lowest BCUT2D eigenvalue weighted by Gasteiger charge is -2.28. The molecule has 0 radical (unpaired) electrons. The molecule has 142 valence electrons. The third-order valence-electron chi connectivity index (χ3n) is 4.84. The molecule has 6 heteroatoms. The number of hydrogen-bond acceptors (Lipinski definition) is 6. The molecular weight excluding hydrogens is 336 g/mol. The summed E-state index contributed by atoms with van der Waals surface area (Å²) in [5, 5.41) is 19.2. The number of hydrogen-bond donors (Lipinski definition) is 2. The van der Waals surface area contributed by atoms with Crippen molar-refractivity contribution in [1.29, 1.82) is 0 Å². The highest BCUT2D eigenvalue weighted by molar-refractivity contribution is 5.92. The number of allylic oxidation sites excluding steroid dienone is 2. The van der Waals surface area contributed by atoms with Crippen molar-refractivity contribution in [2.45, 2.75) is 45.3 Å². The summed E-state index contributed by atoms with van der Waals surface area (Å²) in [6, 6.07) is 0. The molecule has 1 aliphatic heterocycles. The molecule has 1 heterocycles. The Bertz CT molecular complexity index is 668. The van der Waals surface area contributed by atoms with E-state index >= 15 is 0 Å². The second-order valence-corrected chi connectivity index (χ2v) is 6.58. The van der Waals surface area contributed by atoms with E-state index in [0.29, 0.717) is 30.4 Å². The van der Waals surface area contributed by atoms with Crippen LogP contribution >= 0.6 is 0 Å². The molecule has 0 amide bonds. The molecule has 0 saturated carbocycles. The normalized spacial score (nSPS) is 27.2. The van der Waals surface area contributed by atoms with Gasteiger partial charge >= 0.3 is 11.9 Å². The highest BCUT2D eigenvalue weighted by Gasteiger charge is 2.44. The number of carbonyl (C=O) groups excluding carboxylic acids is 2. The van der Waals surface area contributed by atoms with E-state index in [-0.39, 0.29) is 18.8 Å². The van der Waals surface area contributed by atoms with Crippen LogP contribution in [0.15, 0.2) is 47.1 Å². The zero-order valence-electron chi connectivity index (χ0n) is 15.2. The van der Waals surface area contributed by atoms with E-state index in [0.717, 1.165) is 5.57 Å². The van der Waals surface area contributed by atoms with Gasteiger partial charge in [-0.3, -0.25) is 0 Å². The number of aliphatic hydroxyl groups excluding tert-OH is 2. The van der Waals surface area contributed by atoms with Crippen LogP contribution in [0.5, 0.6) is 0 Å². The maximum atomic E-state index is 12.3. The van der Waals surface area contributed by atoms with Crippen molar-refractivity contribution in [1.82, 2.24) is 0 Å². The van der Waals surface area contributed by atoms with Crippen molar-refractivity contribution in [3.63, 3.8) is 0 Å². The molecule has 0 spiro atoms. The van der Waals surface area contributed by atoms with Crippen LogP contribution in [-0.4, -0.2) is 47.6 Å². The van der Waals surface area contributed by atoms with E-state index in [4.69, 9.17) is 9.47 Å². The fourth-order valence-electron chi connectivity index (χ4n) is 3.15. The highest BCUT2D eigenvalue weighted by Crippen LogP contribution is 2.36. The molecule has 3 atom stereocenters. The van der Waals surface area contributed by atoms with Crippen LogP contribution in [0.1, 0.15) is 33.1 Å². The Morgan fingerprint density at radius 2 is 2.08 bits per heavy atom. The first-order valence-corrected chi connectivity index (χ1v) is 8.74. The average molecular weight is 362 g/mol. The van der Waals surface area contributed by atoms with Crippen LogP contribution in [0.3, 0.4) is 0 Å². The van der Waals surface area contributed by atoms with Crippen LogP contribution in [0, 0.1) is 5.92 Å². The number of carbonyl (C=O) groups is 2. The lowest BCUT2D eigenvalue weighted by molar-refractivity contribution is -0.147. The number of rotatable bonds is 4. The Hall–Kier alpha value is -2.18. The summed E-state index contributed by atoms with van der Waals surface area (Å²) in [4.78, 5) is 24.4. The third-order valence-corrected chi connectivity index (χ3v) is 4.84. The van der Waals surface area contributed by atoms with Gasteiger partial charge in [-0.05, 0) is 43.9 Å². The summed E-state index contributed by atoms with van der Waals surface area (Å²) in [6.45, 7) is 6.88. The first-order chi connectivity index (χ1) is 12.4. The molecule has 2 rings (SSSR count). The smallest absolute Gasteiger partial charge is 0.334 e. The largest absolute Gasteiger partial charge is 0.458 e. The second kappa shape index (κ2) is 8.96. The van der Waals surface area contributed by atoms with Crippen molar-refractivity contribution in [2.75, 3.05) is 13.2 Å². The molecule has 2 aliphatic rings. The zero-order chi connectivity index (χ0) is 19.3. The maximum absolute atomic E-state index is 12.3. The van der Waals surface area contributed by atoms with Gasteiger partial charge in [0.25, 0.3) is 0 Å². The van der Waals surface area contributed by atoms with E-state index in [9.17, 15) is 19.8 Å². The topological polar surface area (TPSA) is 93.1 Å². The summed E-state index contributed by atoms with van der Waals surface area (Å²) in [5.41, 5.74) is 2.13. The van der Waals surface area contributed by atoms with Crippen molar-refractivity contribution >= 4 is 11.9 Å². The van der Waals surface area contributed by atoms with E-state index in [1.54, 1.807) is 26.0 Å². The van der Waals surface area contributed by atoms with Gasteiger partial charge in [-0.15, -0.1) is 0 Å². The number of ether oxygens (including phenoxy) is 2. The van der Waals surface area contributed by atoms with Crippen LogP contribution in [0.25, 0.3) is 0 Å². The first-order valence-electron chi connectivity index (χ1n) is 8.74. The van der Waals surface area contributed by atoms with Crippen molar-refractivity contribution in [3.8, 4) is 0 Å². The molecule has 0 bridgehead atoms. The van der Waals surface area contributed by atoms with E-state index in [1.807, 2.05) is 6.08 Å². The lowest BCUT2D eigenvalue weighted by Crippen LogP contribution is -2.34. The molecule has 26 heavy (non-hydrogen) atoms. The minimum atomic E-state index is -0.700. The van der Waals surface area contributed by atoms with Gasteiger partial charge in [0.05, 0.1) is 19.1 Å². The number of esters is 2. The van der Waals surface area contributed by atoms with Crippen molar-refractivity contribution < 1.29 is 29.3 Å². The van der Waals surface area contributed by atoms with Crippen molar-refractivity contribution in [3.05, 3.63) is 47.1 Å². The van der Waals surface area contributed by atoms with E-state index < -0.39 is 30.1 Å². The predicted molar refractivity (Wildman–Crippen MR) is 96.0 cm³/mol. The van der Waals surface area contributed by atoms with Crippen LogP contribution < -0.4 is 0 Å². The fraction of sp³-hybridized carbons (Fsp3) is 0.500. The zero-order valence-corrected chi connectivity index (χ0v) is 15.2. The summed E-state index contributed by atoms with van der Waals surface area (Å²) in [5.74, 6) is -1.58. The molecule has 1 aliphatic carbocycles. The molecule has 6 nitrogen and oxygen atoms in total. The molecule has 1 fully saturated rings. The van der Waals surface area contributed by atoms with E-state index in [1.165, 1.54) is 0 Å². The monoisotopic (exact) mass is 362 g/mol. The first kappa shape index (κ1) is 20.1. The predicted octanol–water partition coefficient (Wildman–Crippen LogP) is 1.98. The summed E-state index contributed by atoms with van der Waals surface area (Å²) in [7, 11) is 0. The Morgan fingerprint density at radius 3 is 2.69 bits per heavy atom. The molecular formula is C20H26O6. The van der Waals surface area contributed by atoms with Crippen LogP contribution in [0.2, 0.25) is 0 Å². The molecule has 0 aromatic rings. The van der Waals surface area contributed by atoms with Crippen molar-refractivity contribution in [2.24, 2.45) is 5.92 Å². The summed E-state index contributed by atoms with van der Waals surface area (Å²) < 4.78 is 11.1. The Kier molecular flexibility index (Phi) is 6.94. The highest BCUT2D eigenvalue weighted by atomic mass is 16.6. The minimum Gasteiger partial charge on any atom is -0.458 e. The molecule has 0 aromatic carbocycles. The van der Waals surface area contributed by atoms with Gasteiger partial charge in [-0.25, -0.2) is 9.59 Å². The second-order valence-electron chi connectivity index (χ2n) is 6.58. The Morgan fingerprint density at radius 1 is 1.38 bits per heavy atom. The van der Waals surface area contributed by atoms with Gasteiger partial charge in [0.2, 0.25) is 0 Å². The quantitative estimate of drug-likeness (QED) is 0.451. The number of aliphatic hydroxyl groups is 2. The maximum Gasteiger partial charge on any atom is 0.334 e. The third kappa shape index (κ3) is 4.51. The van der Waals surface area contributed by atoms with E-state index in [2.05, 4.69) is 6.58 Å². The Labute approximate surface area is 153 Å². The molecule has 1 saturated heterocycles. The average Bonchev–Trinajstić information content (AvgIpc) is 2.91. The van der Waals surface area contributed by atoms with Gasteiger partial charge in [0.1, 0.15) is 12.2 Å². The van der Waals surface area contributed by atoms with Gasteiger partial charge in [0.15, 0.2) is 0 Å². The van der Waals surface area contributed by atoms with Gasteiger partial charge in [-0.1, -0.05) is 18.7 Å². The lowest BCUT2D eigenvalue weighted by atomic mass is 9.85. The minimum absolute atomic E-state index is 0.155. The van der Waals surface area contributed by atoms with Crippen LogP contribution in [-0.2, 0) is 19.1 Å². The molecule has 2 N–H and O–H groups in total. The Balaban J connectivity index is 2.43. The van der Waals surface area contributed by atoms with Gasteiger partial charge in [-0.2, -0.15) is 0 Å². The summed E-state index contributed by atoms with van der Waals surface area (Å²) in [6.07, 6.45) is 5.41.